The molecule has 2 heterocycles. The fraction of sp³-hybridized carbons (Fsp3) is 0.412. The number of aromatic nitrogens is 1. The Morgan fingerprint density at radius 1 is 1.26 bits per heavy atom. The van der Waals surface area contributed by atoms with Crippen molar-refractivity contribution in [2.75, 3.05) is 26.2 Å². The minimum atomic E-state index is -0.429. The van der Waals surface area contributed by atoms with Gasteiger partial charge in [-0.25, -0.2) is 4.98 Å². The predicted molar refractivity (Wildman–Crippen MR) is 87.4 cm³/mol. The monoisotopic (exact) mass is 314 g/mol. The Labute approximate surface area is 135 Å². The molecule has 0 bridgehead atoms. The number of carbonyl (C=O) groups excluding carboxylic acids is 1. The van der Waals surface area contributed by atoms with Gasteiger partial charge in [0.2, 0.25) is 11.8 Å². The number of hydrogen-bond acceptors (Lipinski definition) is 5. The van der Waals surface area contributed by atoms with Crippen LogP contribution in [0.3, 0.4) is 0 Å². The van der Waals surface area contributed by atoms with Gasteiger partial charge in [0.25, 0.3) is 0 Å². The molecule has 3 rings (SSSR count). The Morgan fingerprint density at radius 3 is 2.61 bits per heavy atom. The first kappa shape index (κ1) is 15.7. The van der Waals surface area contributed by atoms with E-state index >= 15 is 0 Å². The van der Waals surface area contributed by atoms with E-state index < -0.39 is 6.04 Å². The van der Waals surface area contributed by atoms with Crippen molar-refractivity contribution < 1.29 is 9.21 Å². The molecule has 1 fully saturated rings. The second kappa shape index (κ2) is 6.93. The van der Waals surface area contributed by atoms with E-state index in [1.165, 1.54) is 0 Å². The second-order valence-corrected chi connectivity index (χ2v) is 5.87. The molecule has 1 unspecified atom stereocenters. The van der Waals surface area contributed by atoms with Gasteiger partial charge in [0, 0.05) is 31.7 Å². The molecule has 1 atom stereocenters. The van der Waals surface area contributed by atoms with Crippen molar-refractivity contribution in [1.82, 2.24) is 14.8 Å². The van der Waals surface area contributed by atoms with Gasteiger partial charge in [0.15, 0.2) is 5.76 Å². The van der Waals surface area contributed by atoms with E-state index in [1.807, 2.05) is 35.2 Å². The average Bonchev–Trinajstić information content (AvgIpc) is 3.04. The summed E-state index contributed by atoms with van der Waals surface area (Å²) in [5, 5.41) is 0. The lowest BCUT2D eigenvalue weighted by Crippen LogP contribution is -2.52. The summed E-state index contributed by atoms with van der Waals surface area (Å²) in [6.07, 6.45) is 1.76. The van der Waals surface area contributed by atoms with E-state index in [9.17, 15) is 4.79 Å². The maximum Gasteiger partial charge on any atom is 0.239 e. The normalized spacial score (nSPS) is 17.2. The van der Waals surface area contributed by atoms with Crippen LogP contribution in [0.1, 0.15) is 12.8 Å². The molecule has 0 saturated carbocycles. The van der Waals surface area contributed by atoms with Crippen LogP contribution in [-0.2, 0) is 11.3 Å². The molecule has 6 nitrogen and oxygen atoms in total. The van der Waals surface area contributed by atoms with Gasteiger partial charge in [-0.05, 0) is 6.92 Å². The summed E-state index contributed by atoms with van der Waals surface area (Å²) >= 11 is 0. The molecular formula is C17H22N4O2. The number of nitrogens with two attached hydrogens (primary N) is 1. The zero-order valence-corrected chi connectivity index (χ0v) is 13.3. The highest BCUT2D eigenvalue weighted by Gasteiger charge is 2.23. The number of piperazine rings is 1. The van der Waals surface area contributed by atoms with Gasteiger partial charge in [-0.3, -0.25) is 9.69 Å². The van der Waals surface area contributed by atoms with Crippen LogP contribution in [0, 0.1) is 0 Å². The summed E-state index contributed by atoms with van der Waals surface area (Å²) in [6.45, 7) is 5.40. The zero-order valence-electron chi connectivity index (χ0n) is 13.3. The molecule has 0 spiro atoms. The molecule has 1 saturated heterocycles. The van der Waals surface area contributed by atoms with Crippen molar-refractivity contribution in [1.29, 1.82) is 0 Å². The van der Waals surface area contributed by atoms with Gasteiger partial charge < -0.3 is 15.1 Å². The minimum Gasteiger partial charge on any atom is -0.439 e. The summed E-state index contributed by atoms with van der Waals surface area (Å²) in [7, 11) is 0. The van der Waals surface area contributed by atoms with Crippen LogP contribution in [-0.4, -0.2) is 52.9 Å². The third-order valence-electron chi connectivity index (χ3n) is 4.04. The SMILES string of the molecule is CC(N)C(=O)N1CCN(Cc2ncc(-c3ccccc3)o2)CC1. The van der Waals surface area contributed by atoms with E-state index in [0.717, 1.165) is 24.4 Å². The largest absolute Gasteiger partial charge is 0.439 e. The van der Waals surface area contributed by atoms with E-state index in [0.29, 0.717) is 25.5 Å². The molecule has 122 valence electrons. The van der Waals surface area contributed by atoms with Crippen LogP contribution in [0.5, 0.6) is 0 Å². The molecular weight excluding hydrogens is 292 g/mol. The van der Waals surface area contributed by atoms with Crippen LogP contribution >= 0.6 is 0 Å². The van der Waals surface area contributed by atoms with Gasteiger partial charge >= 0.3 is 0 Å². The van der Waals surface area contributed by atoms with Gasteiger partial charge in [0.1, 0.15) is 0 Å². The van der Waals surface area contributed by atoms with Crippen LogP contribution in [0.15, 0.2) is 40.9 Å². The molecule has 23 heavy (non-hydrogen) atoms. The molecule has 1 aromatic carbocycles. The Kier molecular flexibility index (Phi) is 4.73. The molecule has 2 aromatic rings. The van der Waals surface area contributed by atoms with Crippen LogP contribution in [0.4, 0.5) is 0 Å². The number of oxazole rings is 1. The zero-order chi connectivity index (χ0) is 16.2. The Bertz CT molecular complexity index is 646. The quantitative estimate of drug-likeness (QED) is 0.921. The Hall–Kier alpha value is -2.18. The molecule has 1 aliphatic rings. The molecule has 2 N–H and O–H groups in total. The van der Waals surface area contributed by atoms with Gasteiger partial charge in [-0.15, -0.1) is 0 Å². The number of rotatable bonds is 4. The van der Waals surface area contributed by atoms with Crippen molar-refractivity contribution in [3.05, 3.63) is 42.4 Å². The lowest BCUT2D eigenvalue weighted by atomic mass is 10.2. The van der Waals surface area contributed by atoms with E-state index in [-0.39, 0.29) is 5.91 Å². The van der Waals surface area contributed by atoms with Crippen molar-refractivity contribution in [3.8, 4) is 11.3 Å². The van der Waals surface area contributed by atoms with Crippen LogP contribution in [0.2, 0.25) is 0 Å². The van der Waals surface area contributed by atoms with Gasteiger partial charge in [0.05, 0.1) is 18.8 Å². The van der Waals surface area contributed by atoms with Crippen LogP contribution < -0.4 is 5.73 Å². The molecule has 1 aromatic heterocycles. The second-order valence-electron chi connectivity index (χ2n) is 5.87. The molecule has 0 radical (unpaired) electrons. The lowest BCUT2D eigenvalue weighted by molar-refractivity contribution is -0.134. The summed E-state index contributed by atoms with van der Waals surface area (Å²) < 4.78 is 5.83. The highest BCUT2D eigenvalue weighted by atomic mass is 16.4. The highest BCUT2D eigenvalue weighted by Crippen LogP contribution is 2.20. The average molecular weight is 314 g/mol. The van der Waals surface area contributed by atoms with E-state index in [1.54, 1.807) is 13.1 Å². The maximum atomic E-state index is 11.9. The van der Waals surface area contributed by atoms with E-state index in [4.69, 9.17) is 10.2 Å². The summed E-state index contributed by atoms with van der Waals surface area (Å²) in [5.41, 5.74) is 6.68. The number of nitrogens with zero attached hydrogens (tertiary/aromatic N) is 3. The third kappa shape index (κ3) is 3.78. The van der Waals surface area contributed by atoms with Crippen molar-refractivity contribution in [3.63, 3.8) is 0 Å². The fourth-order valence-corrected chi connectivity index (χ4v) is 2.72. The number of carbonyl (C=O) groups is 1. The number of hydrogen-bond donors (Lipinski definition) is 1. The fourth-order valence-electron chi connectivity index (χ4n) is 2.72. The van der Waals surface area contributed by atoms with Crippen molar-refractivity contribution >= 4 is 5.91 Å². The van der Waals surface area contributed by atoms with Crippen LogP contribution in [0.25, 0.3) is 11.3 Å². The Morgan fingerprint density at radius 2 is 1.96 bits per heavy atom. The number of amides is 1. The Balaban J connectivity index is 1.55. The molecule has 6 heteroatoms. The maximum absolute atomic E-state index is 11.9. The minimum absolute atomic E-state index is 0.0205. The van der Waals surface area contributed by atoms with Gasteiger partial charge in [-0.1, -0.05) is 30.3 Å². The standard InChI is InChI=1S/C17H22N4O2/c1-13(18)17(22)21-9-7-20(8-10-21)12-16-19-11-15(23-16)14-5-3-2-4-6-14/h2-6,11,13H,7-10,12,18H2,1H3. The molecule has 1 aliphatic heterocycles. The lowest BCUT2D eigenvalue weighted by Gasteiger charge is -2.34. The van der Waals surface area contributed by atoms with Crippen molar-refractivity contribution in [2.24, 2.45) is 5.73 Å². The number of benzene rings is 1. The summed E-state index contributed by atoms with van der Waals surface area (Å²) in [4.78, 5) is 20.3. The molecule has 1 amide bonds. The van der Waals surface area contributed by atoms with Crippen molar-refractivity contribution in [2.45, 2.75) is 19.5 Å². The van der Waals surface area contributed by atoms with E-state index in [2.05, 4.69) is 9.88 Å². The first-order valence-corrected chi connectivity index (χ1v) is 7.90. The highest BCUT2D eigenvalue weighted by molar-refractivity contribution is 5.81. The summed E-state index contributed by atoms with van der Waals surface area (Å²) in [5.74, 6) is 1.51. The summed E-state index contributed by atoms with van der Waals surface area (Å²) in [6, 6.07) is 9.51. The third-order valence-corrected chi connectivity index (χ3v) is 4.04. The topological polar surface area (TPSA) is 75.6 Å². The first-order valence-electron chi connectivity index (χ1n) is 7.90. The first-order chi connectivity index (χ1) is 11.1. The predicted octanol–water partition coefficient (Wildman–Crippen LogP) is 1.33. The smallest absolute Gasteiger partial charge is 0.239 e. The van der Waals surface area contributed by atoms with Gasteiger partial charge in [-0.2, -0.15) is 0 Å². The molecule has 0 aliphatic carbocycles.